The molecule has 80 valence electrons. The monoisotopic (exact) mass is 309 g/mol. The van der Waals surface area contributed by atoms with Crippen molar-refractivity contribution in [1.29, 1.82) is 0 Å². The maximum Gasteiger partial charge on any atom is 0.0828 e. The lowest BCUT2D eigenvalue weighted by molar-refractivity contribution is 1.14. The van der Waals surface area contributed by atoms with Crippen LogP contribution in [0.5, 0.6) is 0 Å². The van der Waals surface area contributed by atoms with E-state index in [4.69, 9.17) is 0 Å². The Bertz CT molecular complexity index is 533. The molecule has 0 radical (unpaired) electrons. The van der Waals surface area contributed by atoms with Gasteiger partial charge in [0.25, 0.3) is 0 Å². The van der Waals surface area contributed by atoms with E-state index in [-0.39, 0.29) is 10.7 Å². The fraction of sp³-hybridized carbons (Fsp3) is 0. The third-order valence-corrected chi connectivity index (χ3v) is 6.37. The Kier molecular flexibility index (Phi) is 2.88. The third-order valence-electron chi connectivity index (χ3n) is 2.40. The van der Waals surface area contributed by atoms with Gasteiger partial charge in [-0.15, -0.1) is 0 Å². The predicted molar refractivity (Wildman–Crippen MR) is 72.3 cm³/mol. The lowest BCUT2D eigenvalue weighted by atomic mass is 10.3. The van der Waals surface area contributed by atoms with E-state index in [0.717, 1.165) is 0 Å². The number of hydrogen-bond donors (Lipinski definition) is 0. The van der Waals surface area contributed by atoms with E-state index >= 15 is 0 Å². The van der Waals surface area contributed by atoms with Crippen LogP contribution in [0.3, 0.4) is 0 Å². The van der Waals surface area contributed by atoms with Gasteiger partial charge in [-0.3, -0.25) is 0 Å². The van der Waals surface area contributed by atoms with Crippen LogP contribution < -0.4 is 0 Å². The molecule has 1 aliphatic rings. The van der Waals surface area contributed by atoms with Gasteiger partial charge in [-0.05, 0) is 35.0 Å². The minimum Gasteiger partial charge on any atom is -0.177 e. The lowest BCUT2D eigenvalue weighted by Gasteiger charge is -2.20. The highest BCUT2D eigenvalue weighted by atomic mass is 79.9. The number of benzene rings is 2. The molecule has 0 saturated carbocycles. The Labute approximate surface area is 110 Å². The summed E-state index contributed by atoms with van der Waals surface area (Å²) in [6, 6.07) is 16.9. The minimum atomic E-state index is -0.181. The Morgan fingerprint density at radius 3 is 1.88 bits per heavy atom. The van der Waals surface area contributed by atoms with E-state index in [2.05, 4.69) is 68.1 Å². The third kappa shape index (κ3) is 1.65. The molecule has 0 aromatic heterocycles. The van der Waals surface area contributed by atoms with Gasteiger partial charge in [0.15, 0.2) is 0 Å². The Morgan fingerprint density at radius 1 is 0.875 bits per heavy atom. The van der Waals surface area contributed by atoms with Gasteiger partial charge in [0.05, 0.1) is 16.1 Å². The molecule has 2 aromatic rings. The van der Waals surface area contributed by atoms with Gasteiger partial charge in [0, 0.05) is 19.6 Å². The second-order valence-corrected chi connectivity index (χ2v) is 6.89. The predicted octanol–water partition coefficient (Wildman–Crippen LogP) is 4.68. The summed E-state index contributed by atoms with van der Waals surface area (Å²) in [6.45, 7) is 0. The molecule has 0 amide bonds. The van der Waals surface area contributed by atoms with Crippen LogP contribution in [0, 0.1) is 0 Å². The van der Waals surface area contributed by atoms with Crippen molar-refractivity contribution in [2.75, 3.05) is 0 Å². The summed E-state index contributed by atoms with van der Waals surface area (Å²) in [4.78, 5) is 5.24. The number of nitrogens with zero attached hydrogens (tertiary/aromatic N) is 1. The number of hydrogen-bond acceptors (Lipinski definition) is 2. The van der Waals surface area contributed by atoms with Gasteiger partial charge in [-0.1, -0.05) is 36.0 Å². The Balaban J connectivity index is 2.28. The molecule has 0 spiro atoms. The summed E-state index contributed by atoms with van der Waals surface area (Å²) in [7, 11) is -0.181. The molecule has 0 atom stereocenters. The smallest absolute Gasteiger partial charge is 0.0828 e. The van der Waals surface area contributed by atoms with Crippen molar-refractivity contribution in [3.05, 3.63) is 48.5 Å². The van der Waals surface area contributed by atoms with Gasteiger partial charge >= 0.3 is 0 Å². The lowest BCUT2D eigenvalue weighted by Crippen LogP contribution is -2.00. The molecule has 1 nitrogen and oxygen atoms in total. The van der Waals surface area contributed by atoms with Crippen molar-refractivity contribution in [1.82, 2.24) is 0 Å². The molecular formula is C12H8BrNS2. The van der Waals surface area contributed by atoms with Crippen LogP contribution in [0.25, 0.3) is 0 Å². The maximum absolute atomic E-state index is 4.36. The van der Waals surface area contributed by atoms with Crippen molar-refractivity contribution in [3.8, 4) is 0 Å². The zero-order valence-electron chi connectivity index (χ0n) is 8.26. The van der Waals surface area contributed by atoms with Gasteiger partial charge in [-0.2, -0.15) is 3.39 Å². The van der Waals surface area contributed by atoms with Crippen LogP contribution in [0.2, 0.25) is 0 Å². The second kappa shape index (κ2) is 4.35. The Morgan fingerprint density at radius 2 is 1.38 bits per heavy atom. The van der Waals surface area contributed by atoms with Crippen LogP contribution in [0.15, 0.2) is 71.5 Å². The molecule has 0 N–H and O–H groups in total. The topological polar surface area (TPSA) is 12.4 Å². The molecule has 0 aliphatic carbocycles. The molecule has 2 aromatic carbocycles. The average Bonchev–Trinajstić information content (AvgIpc) is 2.36. The summed E-state index contributed by atoms with van der Waals surface area (Å²) in [5.74, 6) is 0. The summed E-state index contributed by atoms with van der Waals surface area (Å²) in [6.07, 6.45) is 0. The molecule has 1 aliphatic heterocycles. The van der Waals surface area contributed by atoms with E-state index in [1.807, 2.05) is 11.8 Å². The first-order valence-corrected chi connectivity index (χ1v) is 7.53. The highest BCUT2D eigenvalue weighted by Gasteiger charge is 2.19. The fourth-order valence-corrected chi connectivity index (χ4v) is 5.54. The summed E-state index contributed by atoms with van der Waals surface area (Å²) >= 11 is 5.11. The van der Waals surface area contributed by atoms with Crippen LogP contribution in [0.1, 0.15) is 0 Å². The van der Waals surface area contributed by atoms with E-state index in [9.17, 15) is 0 Å². The molecule has 16 heavy (non-hydrogen) atoms. The standard InChI is InChI=1S/C12H8BrNS2/c13-14-16-11-7-3-1-5-9(11)15-10-6-2-4-8-12(10)16/h1-8H. The van der Waals surface area contributed by atoms with Gasteiger partial charge < -0.3 is 0 Å². The van der Waals surface area contributed by atoms with Crippen molar-refractivity contribution in [3.63, 3.8) is 0 Å². The van der Waals surface area contributed by atoms with Crippen LogP contribution >= 0.6 is 27.9 Å². The largest absolute Gasteiger partial charge is 0.177 e. The number of fused-ring (bicyclic) bond motifs is 2. The molecular weight excluding hydrogens is 302 g/mol. The van der Waals surface area contributed by atoms with E-state index in [1.54, 1.807) is 0 Å². The second-order valence-electron chi connectivity index (χ2n) is 3.35. The van der Waals surface area contributed by atoms with Gasteiger partial charge in [-0.25, -0.2) is 0 Å². The molecule has 0 unspecified atom stereocenters. The molecule has 0 saturated heterocycles. The van der Waals surface area contributed by atoms with Crippen LogP contribution in [0.4, 0.5) is 0 Å². The molecule has 1 heterocycles. The van der Waals surface area contributed by atoms with E-state index in [0.29, 0.717) is 0 Å². The Hall–Kier alpha value is -0.580. The highest BCUT2D eigenvalue weighted by molar-refractivity contribution is 9.09. The molecule has 0 fully saturated rings. The summed E-state index contributed by atoms with van der Waals surface area (Å²) in [5, 5.41) is 0. The quantitative estimate of drug-likeness (QED) is 0.587. The van der Waals surface area contributed by atoms with Gasteiger partial charge in [0.1, 0.15) is 0 Å². The first-order chi connectivity index (χ1) is 7.90. The zero-order chi connectivity index (χ0) is 11.0. The molecule has 0 bridgehead atoms. The van der Waals surface area contributed by atoms with Crippen molar-refractivity contribution >= 4 is 38.6 Å². The van der Waals surface area contributed by atoms with E-state index in [1.165, 1.54) is 19.6 Å². The van der Waals surface area contributed by atoms with Crippen LogP contribution in [-0.4, -0.2) is 0 Å². The average molecular weight is 310 g/mol. The normalized spacial score (nSPS) is 14.1. The van der Waals surface area contributed by atoms with E-state index < -0.39 is 0 Å². The summed E-state index contributed by atoms with van der Waals surface area (Å²) < 4.78 is 4.36. The molecule has 4 heteroatoms. The maximum atomic E-state index is 4.36. The molecule has 3 rings (SSSR count). The fourth-order valence-electron chi connectivity index (χ4n) is 1.70. The van der Waals surface area contributed by atoms with Gasteiger partial charge in [0.2, 0.25) is 0 Å². The zero-order valence-corrected chi connectivity index (χ0v) is 11.5. The SMILES string of the molecule is BrN=S1c2ccccc2Sc2ccccc21. The summed E-state index contributed by atoms with van der Waals surface area (Å²) in [5.41, 5.74) is 0. The number of rotatable bonds is 0. The number of halogens is 1. The first-order valence-electron chi connectivity index (χ1n) is 4.82. The van der Waals surface area contributed by atoms with Crippen molar-refractivity contribution in [2.45, 2.75) is 19.6 Å². The first kappa shape index (κ1) is 10.6. The van der Waals surface area contributed by atoms with Crippen molar-refractivity contribution < 1.29 is 0 Å². The van der Waals surface area contributed by atoms with Crippen molar-refractivity contribution in [2.24, 2.45) is 3.39 Å². The minimum absolute atomic E-state index is 0.181. The highest BCUT2D eigenvalue weighted by Crippen LogP contribution is 2.43. The van der Waals surface area contributed by atoms with Crippen LogP contribution in [-0.2, 0) is 10.7 Å².